The second-order valence-corrected chi connectivity index (χ2v) is 5.06. The van der Waals surface area contributed by atoms with Crippen molar-refractivity contribution in [3.63, 3.8) is 0 Å². The summed E-state index contributed by atoms with van der Waals surface area (Å²) in [5, 5.41) is 22.8. The minimum atomic E-state index is -0.989. The van der Waals surface area contributed by atoms with Crippen molar-refractivity contribution in [3.05, 3.63) is 33.9 Å². The first-order valence-corrected chi connectivity index (χ1v) is 6.47. The summed E-state index contributed by atoms with van der Waals surface area (Å²) in [5.41, 5.74) is -0.236. The van der Waals surface area contributed by atoms with Crippen molar-refractivity contribution in [2.24, 2.45) is 5.41 Å². The minimum Gasteiger partial charge on any atom is -0.324 e. The molecular weight excluding hydrogens is 258 g/mol. The molecule has 0 heterocycles. The molecule has 20 heavy (non-hydrogen) atoms. The first kappa shape index (κ1) is 14.0. The van der Waals surface area contributed by atoms with Crippen LogP contribution in [0.5, 0.6) is 0 Å². The summed E-state index contributed by atoms with van der Waals surface area (Å²) in [7, 11) is 0. The molecule has 6 heteroatoms. The largest absolute Gasteiger partial charge is 0.324 e. The Kier molecular flexibility index (Phi) is 3.70. The molecule has 104 valence electrons. The van der Waals surface area contributed by atoms with Crippen LogP contribution < -0.4 is 5.32 Å². The minimum absolute atomic E-state index is 0.0415. The Balaban J connectivity index is 2.27. The molecule has 0 aliphatic heterocycles. The van der Waals surface area contributed by atoms with Gasteiger partial charge in [-0.05, 0) is 25.8 Å². The summed E-state index contributed by atoms with van der Waals surface area (Å²) < 4.78 is 0. The van der Waals surface area contributed by atoms with E-state index in [-0.39, 0.29) is 11.6 Å². The first-order valence-electron chi connectivity index (χ1n) is 6.47. The molecule has 0 atom stereocenters. The molecule has 0 radical (unpaired) electrons. The number of amides is 1. The van der Waals surface area contributed by atoms with Crippen molar-refractivity contribution in [2.75, 3.05) is 5.32 Å². The van der Waals surface area contributed by atoms with Crippen LogP contribution >= 0.6 is 0 Å². The topological polar surface area (TPSA) is 96.0 Å². The Hall–Kier alpha value is -2.42. The van der Waals surface area contributed by atoms with Crippen LogP contribution in [0, 0.1) is 33.8 Å². The highest BCUT2D eigenvalue weighted by Gasteiger charge is 2.41. The number of nitriles is 1. The van der Waals surface area contributed by atoms with Crippen molar-refractivity contribution in [2.45, 2.75) is 32.6 Å². The predicted molar refractivity (Wildman–Crippen MR) is 73.0 cm³/mol. The van der Waals surface area contributed by atoms with Gasteiger partial charge >= 0.3 is 0 Å². The van der Waals surface area contributed by atoms with Crippen molar-refractivity contribution in [1.29, 1.82) is 5.26 Å². The average Bonchev–Trinajstić information content (AvgIpc) is 2.90. The summed E-state index contributed by atoms with van der Waals surface area (Å²) in [5.74, 6) is -0.360. The Morgan fingerprint density at radius 3 is 2.65 bits per heavy atom. The number of hydrogen-bond acceptors (Lipinski definition) is 4. The summed E-state index contributed by atoms with van der Waals surface area (Å²) in [6.07, 6.45) is 2.80. The van der Waals surface area contributed by atoms with Crippen molar-refractivity contribution < 1.29 is 9.72 Å². The van der Waals surface area contributed by atoms with Gasteiger partial charge in [-0.25, -0.2) is 0 Å². The van der Waals surface area contributed by atoms with Gasteiger partial charge in [0.1, 0.15) is 5.41 Å². The second-order valence-electron chi connectivity index (χ2n) is 5.06. The van der Waals surface area contributed by atoms with Crippen LogP contribution in [0.15, 0.2) is 18.2 Å². The van der Waals surface area contributed by atoms with Gasteiger partial charge in [0.2, 0.25) is 5.91 Å². The molecule has 1 N–H and O–H groups in total. The molecular formula is C14H15N3O3. The van der Waals surface area contributed by atoms with E-state index in [1.807, 2.05) is 0 Å². The maximum absolute atomic E-state index is 12.3. The van der Waals surface area contributed by atoms with Crippen LogP contribution in [0.1, 0.15) is 31.2 Å². The number of nitro benzene ring substituents is 1. The van der Waals surface area contributed by atoms with Crippen LogP contribution in [0.3, 0.4) is 0 Å². The lowest BCUT2D eigenvalue weighted by molar-refractivity contribution is -0.385. The maximum atomic E-state index is 12.3. The van der Waals surface area contributed by atoms with Gasteiger partial charge in [0.05, 0.1) is 22.2 Å². The maximum Gasteiger partial charge on any atom is 0.274 e. The highest BCUT2D eigenvalue weighted by atomic mass is 16.6. The van der Waals surface area contributed by atoms with Gasteiger partial charge in [0.25, 0.3) is 5.69 Å². The molecule has 1 aromatic carbocycles. The van der Waals surface area contributed by atoms with Gasteiger partial charge in [-0.3, -0.25) is 14.9 Å². The molecule has 0 aromatic heterocycles. The molecule has 2 rings (SSSR count). The van der Waals surface area contributed by atoms with E-state index in [0.717, 1.165) is 12.8 Å². The number of rotatable bonds is 3. The van der Waals surface area contributed by atoms with Crippen LogP contribution in [-0.4, -0.2) is 10.8 Å². The highest BCUT2D eigenvalue weighted by molar-refractivity contribution is 5.98. The molecule has 0 bridgehead atoms. The molecule has 0 spiro atoms. The number of nitro groups is 1. The van der Waals surface area contributed by atoms with E-state index in [4.69, 9.17) is 0 Å². The smallest absolute Gasteiger partial charge is 0.274 e. The third-order valence-corrected chi connectivity index (χ3v) is 3.86. The number of carbonyl (C=O) groups excluding carboxylic acids is 1. The van der Waals surface area contributed by atoms with Gasteiger partial charge < -0.3 is 5.32 Å². The molecule has 1 fully saturated rings. The number of nitrogens with zero attached hydrogens (tertiary/aromatic N) is 2. The molecule has 0 saturated heterocycles. The van der Waals surface area contributed by atoms with Gasteiger partial charge in [0, 0.05) is 6.07 Å². The fourth-order valence-electron chi connectivity index (χ4n) is 2.57. The fourth-order valence-corrected chi connectivity index (χ4v) is 2.57. The standard InChI is InChI=1S/C14H15N3O3/c1-10-11(5-4-6-12(10)17(19)20)16-13(18)14(9-15)7-2-3-8-14/h4-6H,2-3,7-8H2,1H3,(H,16,18). The molecule has 0 unspecified atom stereocenters. The molecule has 1 aliphatic carbocycles. The lowest BCUT2D eigenvalue weighted by Crippen LogP contribution is -2.32. The van der Waals surface area contributed by atoms with E-state index in [9.17, 15) is 20.2 Å². The Bertz CT molecular complexity index is 598. The van der Waals surface area contributed by atoms with Crippen LogP contribution in [0.25, 0.3) is 0 Å². The van der Waals surface area contributed by atoms with E-state index in [1.165, 1.54) is 12.1 Å². The normalized spacial score (nSPS) is 16.4. The summed E-state index contributed by atoms with van der Waals surface area (Å²) in [6, 6.07) is 6.63. The third kappa shape index (κ3) is 2.35. The summed E-state index contributed by atoms with van der Waals surface area (Å²) in [6.45, 7) is 1.58. The zero-order valence-corrected chi connectivity index (χ0v) is 11.2. The van der Waals surface area contributed by atoms with Crippen molar-refractivity contribution in [3.8, 4) is 6.07 Å². The first-order chi connectivity index (χ1) is 9.50. The number of nitrogens with one attached hydrogen (secondary N) is 1. The number of benzene rings is 1. The Morgan fingerprint density at radius 2 is 2.10 bits per heavy atom. The van der Waals surface area contributed by atoms with E-state index >= 15 is 0 Å². The van der Waals surface area contributed by atoms with Crippen LogP contribution in [0.2, 0.25) is 0 Å². The molecule has 1 aliphatic rings. The molecule has 1 saturated carbocycles. The van der Waals surface area contributed by atoms with Crippen LogP contribution in [0.4, 0.5) is 11.4 Å². The van der Waals surface area contributed by atoms with E-state index in [0.29, 0.717) is 24.1 Å². The SMILES string of the molecule is Cc1c(NC(=O)C2(C#N)CCCC2)cccc1[N+](=O)[O-]. The summed E-state index contributed by atoms with van der Waals surface area (Å²) in [4.78, 5) is 22.7. The van der Waals surface area contributed by atoms with Crippen LogP contribution in [-0.2, 0) is 4.79 Å². The zero-order chi connectivity index (χ0) is 14.8. The Morgan fingerprint density at radius 1 is 1.45 bits per heavy atom. The average molecular weight is 273 g/mol. The summed E-state index contributed by atoms with van der Waals surface area (Å²) >= 11 is 0. The predicted octanol–water partition coefficient (Wildman–Crippen LogP) is 2.93. The lowest BCUT2D eigenvalue weighted by atomic mass is 9.87. The monoisotopic (exact) mass is 273 g/mol. The fraction of sp³-hybridized carbons (Fsp3) is 0.429. The Labute approximate surface area is 116 Å². The highest BCUT2D eigenvalue weighted by Crippen LogP contribution is 2.39. The second kappa shape index (κ2) is 5.29. The third-order valence-electron chi connectivity index (χ3n) is 3.86. The molecule has 6 nitrogen and oxygen atoms in total. The number of carbonyl (C=O) groups is 1. The van der Waals surface area contributed by atoms with Crippen molar-refractivity contribution in [1.82, 2.24) is 0 Å². The van der Waals surface area contributed by atoms with Crippen molar-refractivity contribution >= 4 is 17.3 Å². The molecule has 1 amide bonds. The van der Waals surface area contributed by atoms with E-state index in [2.05, 4.69) is 11.4 Å². The number of anilines is 1. The van der Waals surface area contributed by atoms with E-state index in [1.54, 1.807) is 13.0 Å². The van der Waals surface area contributed by atoms with Gasteiger partial charge in [0.15, 0.2) is 0 Å². The lowest BCUT2D eigenvalue weighted by Gasteiger charge is -2.19. The van der Waals surface area contributed by atoms with Gasteiger partial charge in [-0.15, -0.1) is 0 Å². The van der Waals surface area contributed by atoms with Gasteiger partial charge in [-0.2, -0.15) is 5.26 Å². The number of hydrogen-bond donors (Lipinski definition) is 1. The quantitative estimate of drug-likeness (QED) is 0.676. The van der Waals surface area contributed by atoms with Gasteiger partial charge in [-0.1, -0.05) is 18.9 Å². The molecule has 1 aromatic rings. The zero-order valence-electron chi connectivity index (χ0n) is 11.2. The van der Waals surface area contributed by atoms with E-state index < -0.39 is 10.3 Å².